The van der Waals surface area contributed by atoms with Crippen LogP contribution in [0.15, 0.2) is 30.3 Å². The molecule has 1 aliphatic heterocycles. The normalized spacial score (nSPS) is 18.6. The summed E-state index contributed by atoms with van der Waals surface area (Å²) in [4.78, 5) is 26.0. The average molecular weight is 318 g/mol. The van der Waals surface area contributed by atoms with E-state index in [1.54, 1.807) is 0 Å². The summed E-state index contributed by atoms with van der Waals surface area (Å²) in [5.74, 6) is 0.0258. The van der Waals surface area contributed by atoms with Crippen LogP contribution in [0.25, 0.3) is 0 Å². The highest BCUT2D eigenvalue weighted by molar-refractivity contribution is 5.82. The highest BCUT2D eigenvalue weighted by Crippen LogP contribution is 2.22. The van der Waals surface area contributed by atoms with Crippen molar-refractivity contribution in [2.24, 2.45) is 5.41 Å². The number of ether oxygens (including phenoxy) is 1. The molecule has 1 saturated heterocycles. The summed E-state index contributed by atoms with van der Waals surface area (Å²) in [6.07, 6.45) is 0.252. The maximum Gasteiger partial charge on any atom is 0.225 e. The monoisotopic (exact) mass is 318 g/mol. The number of benzene rings is 1. The summed E-state index contributed by atoms with van der Waals surface area (Å²) in [5.41, 5.74) is 0.659. The van der Waals surface area contributed by atoms with E-state index < -0.39 is 5.41 Å². The molecule has 0 aromatic heterocycles. The van der Waals surface area contributed by atoms with Crippen LogP contribution in [-0.4, -0.2) is 43.0 Å². The van der Waals surface area contributed by atoms with Gasteiger partial charge in [0.2, 0.25) is 11.8 Å². The van der Waals surface area contributed by atoms with Crippen LogP contribution in [-0.2, 0) is 14.3 Å². The lowest BCUT2D eigenvalue weighted by Crippen LogP contribution is -2.44. The molecular weight excluding hydrogens is 292 g/mol. The lowest BCUT2D eigenvalue weighted by molar-refractivity contribution is -0.139. The molecule has 5 nitrogen and oxygen atoms in total. The van der Waals surface area contributed by atoms with E-state index in [1.165, 1.54) is 0 Å². The quantitative estimate of drug-likeness (QED) is 0.925. The molecule has 1 aliphatic rings. The first kappa shape index (κ1) is 17.5. The fourth-order valence-corrected chi connectivity index (χ4v) is 2.45. The Morgan fingerprint density at radius 2 is 1.96 bits per heavy atom. The number of morpholine rings is 1. The van der Waals surface area contributed by atoms with Gasteiger partial charge in [-0.2, -0.15) is 0 Å². The predicted octanol–water partition coefficient (Wildman–Crippen LogP) is 2.14. The molecule has 23 heavy (non-hydrogen) atoms. The fraction of sp³-hybridized carbons (Fsp3) is 0.556. The molecular formula is C18H26N2O3. The Morgan fingerprint density at radius 3 is 2.61 bits per heavy atom. The Balaban J connectivity index is 1.82. The molecule has 1 fully saturated rings. The summed E-state index contributed by atoms with van der Waals surface area (Å²) >= 11 is 0. The fourth-order valence-electron chi connectivity index (χ4n) is 2.45. The largest absolute Gasteiger partial charge is 0.370 e. The van der Waals surface area contributed by atoms with Crippen molar-refractivity contribution in [3.63, 3.8) is 0 Å². The smallest absolute Gasteiger partial charge is 0.225 e. The van der Waals surface area contributed by atoms with Gasteiger partial charge < -0.3 is 15.0 Å². The Bertz CT molecular complexity index is 537. The van der Waals surface area contributed by atoms with Crippen molar-refractivity contribution in [2.75, 3.05) is 26.2 Å². The van der Waals surface area contributed by atoms with E-state index in [0.717, 1.165) is 5.56 Å². The molecule has 1 N–H and O–H groups in total. The van der Waals surface area contributed by atoms with Crippen LogP contribution < -0.4 is 5.32 Å². The van der Waals surface area contributed by atoms with E-state index in [-0.39, 0.29) is 17.9 Å². The van der Waals surface area contributed by atoms with Crippen LogP contribution in [0.3, 0.4) is 0 Å². The van der Waals surface area contributed by atoms with Crippen molar-refractivity contribution in [1.82, 2.24) is 10.2 Å². The van der Waals surface area contributed by atoms with Crippen LogP contribution in [0.4, 0.5) is 0 Å². The summed E-state index contributed by atoms with van der Waals surface area (Å²) in [6.45, 7) is 7.66. The molecule has 1 heterocycles. The van der Waals surface area contributed by atoms with E-state index in [1.807, 2.05) is 56.0 Å². The van der Waals surface area contributed by atoms with Crippen LogP contribution in [0.1, 0.15) is 38.9 Å². The molecule has 0 saturated carbocycles. The Hall–Kier alpha value is -1.88. The zero-order chi connectivity index (χ0) is 16.9. The second kappa shape index (κ2) is 7.59. The third-order valence-corrected chi connectivity index (χ3v) is 3.90. The molecule has 1 atom stereocenters. The van der Waals surface area contributed by atoms with Crippen molar-refractivity contribution in [2.45, 2.75) is 33.3 Å². The van der Waals surface area contributed by atoms with Crippen LogP contribution in [0, 0.1) is 5.41 Å². The lowest BCUT2D eigenvalue weighted by Gasteiger charge is -2.33. The minimum Gasteiger partial charge on any atom is -0.370 e. The van der Waals surface area contributed by atoms with Crippen molar-refractivity contribution < 1.29 is 14.3 Å². The van der Waals surface area contributed by atoms with E-state index in [2.05, 4.69) is 5.32 Å². The Labute approximate surface area is 138 Å². The van der Waals surface area contributed by atoms with E-state index in [0.29, 0.717) is 32.7 Å². The van der Waals surface area contributed by atoms with E-state index in [4.69, 9.17) is 4.74 Å². The Kier molecular flexibility index (Phi) is 5.77. The van der Waals surface area contributed by atoms with Crippen molar-refractivity contribution in [3.8, 4) is 0 Å². The van der Waals surface area contributed by atoms with Gasteiger partial charge in [-0.15, -0.1) is 0 Å². The number of hydrogen-bond donors (Lipinski definition) is 1. The third-order valence-electron chi connectivity index (χ3n) is 3.90. The van der Waals surface area contributed by atoms with Gasteiger partial charge in [-0.05, 0) is 5.56 Å². The molecule has 0 spiro atoms. The van der Waals surface area contributed by atoms with Crippen molar-refractivity contribution >= 4 is 11.8 Å². The highest BCUT2D eigenvalue weighted by Gasteiger charge is 2.25. The van der Waals surface area contributed by atoms with Crippen LogP contribution in [0.2, 0.25) is 0 Å². The van der Waals surface area contributed by atoms with Gasteiger partial charge in [0.25, 0.3) is 0 Å². The average Bonchev–Trinajstić information content (AvgIpc) is 2.54. The Morgan fingerprint density at radius 1 is 1.26 bits per heavy atom. The van der Waals surface area contributed by atoms with Gasteiger partial charge in [-0.3, -0.25) is 9.59 Å². The topological polar surface area (TPSA) is 58.6 Å². The molecule has 0 radical (unpaired) electrons. The molecule has 2 amide bonds. The number of carbonyl (C=O) groups excluding carboxylic acids is 2. The van der Waals surface area contributed by atoms with Crippen molar-refractivity contribution in [1.29, 1.82) is 0 Å². The second-order valence-electron chi connectivity index (χ2n) is 6.87. The van der Waals surface area contributed by atoms with Gasteiger partial charge in [-0.25, -0.2) is 0 Å². The molecule has 126 valence electrons. The zero-order valence-electron chi connectivity index (χ0n) is 14.2. The SMILES string of the molecule is CC(C)(C)C(=O)NCCC(=O)N1CCOC(c2ccccc2)C1. The number of amides is 2. The van der Waals surface area contributed by atoms with Gasteiger partial charge in [0.15, 0.2) is 0 Å². The minimum atomic E-state index is -0.430. The first-order valence-electron chi connectivity index (χ1n) is 8.10. The summed E-state index contributed by atoms with van der Waals surface area (Å²) in [5, 5.41) is 2.82. The lowest BCUT2D eigenvalue weighted by atomic mass is 9.96. The van der Waals surface area contributed by atoms with Crippen LogP contribution in [0.5, 0.6) is 0 Å². The maximum absolute atomic E-state index is 12.3. The minimum absolute atomic E-state index is 0.0329. The molecule has 0 aliphatic carbocycles. The highest BCUT2D eigenvalue weighted by atomic mass is 16.5. The summed E-state index contributed by atoms with van der Waals surface area (Å²) in [6, 6.07) is 9.94. The van der Waals surface area contributed by atoms with E-state index >= 15 is 0 Å². The number of carbonyl (C=O) groups is 2. The van der Waals surface area contributed by atoms with Gasteiger partial charge in [0.05, 0.1) is 13.2 Å². The van der Waals surface area contributed by atoms with Crippen LogP contribution >= 0.6 is 0 Å². The van der Waals surface area contributed by atoms with Gasteiger partial charge in [0, 0.05) is 24.9 Å². The van der Waals surface area contributed by atoms with Gasteiger partial charge >= 0.3 is 0 Å². The third kappa shape index (κ3) is 5.06. The van der Waals surface area contributed by atoms with E-state index in [9.17, 15) is 9.59 Å². The molecule has 2 rings (SSSR count). The van der Waals surface area contributed by atoms with Gasteiger partial charge in [-0.1, -0.05) is 51.1 Å². The number of rotatable bonds is 4. The molecule has 5 heteroatoms. The number of hydrogen-bond acceptors (Lipinski definition) is 3. The molecule has 1 unspecified atom stereocenters. The summed E-state index contributed by atoms with van der Waals surface area (Å²) < 4.78 is 5.77. The standard InChI is InChI=1S/C18H26N2O3/c1-18(2,3)17(22)19-10-9-16(21)20-11-12-23-15(13-20)14-7-5-4-6-8-14/h4-8,15H,9-13H2,1-3H3,(H,19,22). The van der Waals surface area contributed by atoms with Gasteiger partial charge in [0.1, 0.15) is 6.10 Å². The number of nitrogens with zero attached hydrogens (tertiary/aromatic N) is 1. The first-order valence-corrected chi connectivity index (χ1v) is 8.10. The summed E-state index contributed by atoms with van der Waals surface area (Å²) in [7, 11) is 0. The molecule has 1 aromatic rings. The number of nitrogens with one attached hydrogen (secondary N) is 1. The second-order valence-corrected chi connectivity index (χ2v) is 6.87. The predicted molar refractivity (Wildman–Crippen MR) is 88.8 cm³/mol. The first-order chi connectivity index (χ1) is 10.9. The maximum atomic E-state index is 12.3. The molecule has 0 bridgehead atoms. The zero-order valence-corrected chi connectivity index (χ0v) is 14.2. The molecule has 1 aromatic carbocycles. The van der Waals surface area contributed by atoms with Crippen molar-refractivity contribution in [3.05, 3.63) is 35.9 Å².